The van der Waals surface area contributed by atoms with E-state index < -0.39 is 9.84 Å². The van der Waals surface area contributed by atoms with Crippen LogP contribution in [0.25, 0.3) is 0 Å². The first-order valence-electron chi connectivity index (χ1n) is 6.73. The van der Waals surface area contributed by atoms with Crippen molar-refractivity contribution in [2.24, 2.45) is 0 Å². The van der Waals surface area contributed by atoms with Crippen LogP contribution in [0.2, 0.25) is 0 Å². The van der Waals surface area contributed by atoms with Crippen LogP contribution in [0.5, 0.6) is 5.75 Å². The highest BCUT2D eigenvalue weighted by molar-refractivity contribution is 7.91. The number of benzene rings is 1. The molecule has 1 heterocycles. The Labute approximate surface area is 115 Å². The largest absolute Gasteiger partial charge is 0.490 e. The summed E-state index contributed by atoms with van der Waals surface area (Å²) in [6, 6.07) is 6.36. The van der Waals surface area contributed by atoms with Gasteiger partial charge in [0.05, 0.1) is 11.4 Å². The van der Waals surface area contributed by atoms with Crippen molar-refractivity contribution in [1.82, 2.24) is 0 Å². The van der Waals surface area contributed by atoms with Crippen molar-refractivity contribution in [2.75, 3.05) is 23.4 Å². The van der Waals surface area contributed by atoms with Crippen LogP contribution in [0.1, 0.15) is 25.8 Å². The molecule has 0 fully saturated rings. The molecule has 5 heteroatoms. The molecule has 1 aliphatic rings. The number of hydrogen-bond acceptors (Lipinski definition) is 4. The summed E-state index contributed by atoms with van der Waals surface area (Å²) >= 11 is 0. The van der Waals surface area contributed by atoms with E-state index >= 15 is 0 Å². The average Bonchev–Trinajstić information content (AvgIpc) is 2.39. The number of fused-ring (bicyclic) bond motifs is 1. The molecule has 1 atom stereocenters. The van der Waals surface area contributed by atoms with E-state index in [0.717, 1.165) is 24.3 Å². The second kappa shape index (κ2) is 5.82. The molecule has 0 aromatic heterocycles. The molecular formula is C14H21NO3S. The third-order valence-corrected chi connectivity index (χ3v) is 5.11. The maximum absolute atomic E-state index is 11.4. The predicted octanol–water partition coefficient (Wildman–Crippen LogP) is 2.25. The molecule has 0 aliphatic carbocycles. The minimum atomic E-state index is -2.97. The smallest absolute Gasteiger partial charge is 0.153 e. The van der Waals surface area contributed by atoms with Crippen LogP contribution in [-0.4, -0.2) is 32.6 Å². The van der Waals surface area contributed by atoms with Gasteiger partial charge in [-0.05, 0) is 31.4 Å². The molecule has 0 saturated heterocycles. The lowest BCUT2D eigenvalue weighted by Gasteiger charge is -2.26. The van der Waals surface area contributed by atoms with Gasteiger partial charge in [0.2, 0.25) is 0 Å². The van der Waals surface area contributed by atoms with Gasteiger partial charge >= 0.3 is 0 Å². The van der Waals surface area contributed by atoms with Crippen molar-refractivity contribution in [3.05, 3.63) is 23.8 Å². The number of aryl methyl sites for hydroxylation is 1. The van der Waals surface area contributed by atoms with E-state index in [1.165, 1.54) is 5.56 Å². The SMILES string of the molecule is CCS(=O)(=O)CCOc1cccc2c1NC(C)CC2. The fraction of sp³-hybridized carbons (Fsp3) is 0.571. The van der Waals surface area contributed by atoms with Gasteiger partial charge in [-0.1, -0.05) is 19.1 Å². The van der Waals surface area contributed by atoms with E-state index in [2.05, 4.69) is 18.3 Å². The minimum Gasteiger partial charge on any atom is -0.490 e. The van der Waals surface area contributed by atoms with Gasteiger partial charge in [-0.3, -0.25) is 0 Å². The molecule has 2 rings (SSSR count). The van der Waals surface area contributed by atoms with Crippen molar-refractivity contribution >= 4 is 15.5 Å². The number of rotatable bonds is 5. The quantitative estimate of drug-likeness (QED) is 0.900. The molecule has 0 bridgehead atoms. The molecule has 1 aromatic rings. The summed E-state index contributed by atoms with van der Waals surface area (Å²) in [7, 11) is -2.97. The fourth-order valence-electron chi connectivity index (χ4n) is 2.18. The molecule has 1 aliphatic heterocycles. The highest BCUT2D eigenvalue weighted by atomic mass is 32.2. The summed E-state index contributed by atoms with van der Waals surface area (Å²) in [6.07, 6.45) is 2.15. The van der Waals surface area contributed by atoms with E-state index in [-0.39, 0.29) is 18.1 Å². The topological polar surface area (TPSA) is 55.4 Å². The normalized spacial score (nSPS) is 18.5. The van der Waals surface area contributed by atoms with Gasteiger partial charge in [-0.2, -0.15) is 0 Å². The zero-order chi connectivity index (χ0) is 13.9. The molecule has 0 saturated carbocycles. The summed E-state index contributed by atoms with van der Waals surface area (Å²) in [5.74, 6) is 0.997. The Morgan fingerprint density at radius 3 is 2.95 bits per heavy atom. The third-order valence-electron chi connectivity index (χ3n) is 3.44. The molecule has 0 radical (unpaired) electrons. The second-order valence-corrected chi connectivity index (χ2v) is 7.43. The Morgan fingerprint density at radius 1 is 1.42 bits per heavy atom. The monoisotopic (exact) mass is 283 g/mol. The third kappa shape index (κ3) is 3.62. The van der Waals surface area contributed by atoms with E-state index in [0.29, 0.717) is 6.04 Å². The number of ether oxygens (including phenoxy) is 1. The van der Waals surface area contributed by atoms with Crippen LogP contribution >= 0.6 is 0 Å². The Kier molecular flexibility index (Phi) is 4.34. The summed E-state index contributed by atoms with van der Waals surface area (Å²) in [6.45, 7) is 4.01. The Bertz CT molecular complexity index is 540. The fourth-order valence-corrected chi connectivity index (χ4v) is 2.81. The number of hydrogen-bond donors (Lipinski definition) is 1. The molecule has 0 spiro atoms. The van der Waals surface area contributed by atoms with Gasteiger partial charge in [0.15, 0.2) is 9.84 Å². The van der Waals surface area contributed by atoms with Crippen LogP contribution in [0, 0.1) is 0 Å². The van der Waals surface area contributed by atoms with Crippen molar-refractivity contribution < 1.29 is 13.2 Å². The Balaban J connectivity index is 2.05. The van der Waals surface area contributed by atoms with Crippen molar-refractivity contribution in [2.45, 2.75) is 32.7 Å². The van der Waals surface area contributed by atoms with Gasteiger partial charge in [0.1, 0.15) is 12.4 Å². The second-order valence-electron chi connectivity index (χ2n) is 4.96. The first-order valence-corrected chi connectivity index (χ1v) is 8.55. The summed E-state index contributed by atoms with van der Waals surface area (Å²) in [5.41, 5.74) is 2.27. The van der Waals surface area contributed by atoms with Gasteiger partial charge in [-0.25, -0.2) is 8.42 Å². The number of para-hydroxylation sites is 1. The van der Waals surface area contributed by atoms with Crippen molar-refractivity contribution in [3.8, 4) is 5.75 Å². The lowest BCUT2D eigenvalue weighted by atomic mass is 9.98. The minimum absolute atomic E-state index is 0.0721. The average molecular weight is 283 g/mol. The van der Waals surface area contributed by atoms with Crippen LogP contribution in [0.4, 0.5) is 5.69 Å². The molecule has 1 N–H and O–H groups in total. The highest BCUT2D eigenvalue weighted by Crippen LogP contribution is 2.33. The number of sulfone groups is 1. The molecule has 0 amide bonds. The molecule has 1 unspecified atom stereocenters. The molecular weight excluding hydrogens is 262 g/mol. The predicted molar refractivity (Wildman–Crippen MR) is 77.7 cm³/mol. The number of anilines is 1. The maximum atomic E-state index is 11.4. The van der Waals surface area contributed by atoms with Gasteiger partial charge in [0.25, 0.3) is 0 Å². The lowest BCUT2D eigenvalue weighted by molar-refractivity contribution is 0.341. The Hall–Kier alpha value is -1.23. The van der Waals surface area contributed by atoms with Crippen LogP contribution in [-0.2, 0) is 16.3 Å². The standard InChI is InChI=1S/C14H21NO3S/c1-3-19(16,17)10-9-18-13-6-4-5-12-8-7-11(2)15-14(12)13/h4-6,11,15H,3,7-10H2,1-2H3. The van der Waals surface area contributed by atoms with Crippen molar-refractivity contribution in [1.29, 1.82) is 0 Å². The summed E-state index contributed by atoms with van der Waals surface area (Å²) in [4.78, 5) is 0. The summed E-state index contributed by atoms with van der Waals surface area (Å²) in [5, 5.41) is 3.42. The van der Waals surface area contributed by atoms with E-state index in [1.807, 2.05) is 12.1 Å². The van der Waals surface area contributed by atoms with E-state index in [4.69, 9.17) is 4.74 Å². The van der Waals surface area contributed by atoms with E-state index in [9.17, 15) is 8.42 Å². The maximum Gasteiger partial charge on any atom is 0.153 e. The number of nitrogens with one attached hydrogen (secondary N) is 1. The molecule has 106 valence electrons. The first-order chi connectivity index (χ1) is 9.02. The van der Waals surface area contributed by atoms with Crippen molar-refractivity contribution in [3.63, 3.8) is 0 Å². The first kappa shape index (κ1) is 14.2. The Morgan fingerprint density at radius 2 is 2.21 bits per heavy atom. The highest BCUT2D eigenvalue weighted by Gasteiger charge is 2.18. The zero-order valence-electron chi connectivity index (χ0n) is 11.5. The van der Waals surface area contributed by atoms with Gasteiger partial charge < -0.3 is 10.1 Å². The van der Waals surface area contributed by atoms with E-state index in [1.54, 1.807) is 6.92 Å². The van der Waals surface area contributed by atoms with Crippen LogP contribution in [0.3, 0.4) is 0 Å². The van der Waals surface area contributed by atoms with Crippen LogP contribution in [0.15, 0.2) is 18.2 Å². The lowest BCUT2D eigenvalue weighted by Crippen LogP contribution is -2.23. The molecule has 4 nitrogen and oxygen atoms in total. The van der Waals surface area contributed by atoms with Gasteiger partial charge in [0, 0.05) is 11.8 Å². The molecule has 1 aromatic carbocycles. The summed E-state index contributed by atoms with van der Waals surface area (Å²) < 4.78 is 28.5. The van der Waals surface area contributed by atoms with Gasteiger partial charge in [-0.15, -0.1) is 0 Å². The molecule has 19 heavy (non-hydrogen) atoms. The zero-order valence-corrected chi connectivity index (χ0v) is 12.3. The van der Waals surface area contributed by atoms with Crippen LogP contribution < -0.4 is 10.1 Å².